The number of rotatable bonds is 9. The normalized spacial score (nSPS) is 13.9. The highest BCUT2D eigenvalue weighted by atomic mass is 19.4. The van der Waals surface area contributed by atoms with Crippen LogP contribution in [-0.4, -0.2) is 38.6 Å². The maximum atomic E-state index is 13.4. The van der Waals surface area contributed by atoms with Gasteiger partial charge in [0.1, 0.15) is 5.71 Å². The molecule has 0 spiro atoms. The van der Waals surface area contributed by atoms with Gasteiger partial charge in [-0.2, -0.15) is 13.2 Å². The number of unbranched alkanes of at least 4 members (excludes halogenated alkanes) is 3. The van der Waals surface area contributed by atoms with Gasteiger partial charge in [0, 0.05) is 36.4 Å². The number of aliphatic imine (C=N–C) groups is 1. The highest BCUT2D eigenvalue weighted by molar-refractivity contribution is 6.27. The molecule has 0 aliphatic carbocycles. The molecule has 0 unspecified atom stereocenters. The van der Waals surface area contributed by atoms with Gasteiger partial charge in [-0.25, -0.2) is 4.98 Å². The lowest BCUT2D eigenvalue weighted by Gasteiger charge is -2.11. The molecule has 0 atom stereocenters. The third-order valence-electron chi connectivity index (χ3n) is 6.07. The number of carbonyl (C=O) groups is 1. The van der Waals surface area contributed by atoms with Gasteiger partial charge in [-0.1, -0.05) is 50.5 Å². The number of fused-ring (bicyclic) bond motifs is 1. The molecule has 0 saturated carbocycles. The molecule has 34 heavy (non-hydrogen) atoms. The number of allylic oxidation sites excluding steroid dienone is 1. The van der Waals surface area contributed by atoms with Crippen LogP contribution < -0.4 is 0 Å². The smallest absolute Gasteiger partial charge is 0.297 e. The summed E-state index contributed by atoms with van der Waals surface area (Å²) in [6, 6.07) is 5.75. The van der Waals surface area contributed by atoms with Crippen molar-refractivity contribution in [1.29, 1.82) is 0 Å². The second-order valence-corrected chi connectivity index (χ2v) is 8.58. The van der Waals surface area contributed by atoms with Gasteiger partial charge in [0.2, 0.25) is 0 Å². The van der Waals surface area contributed by atoms with Crippen molar-refractivity contribution in [3.8, 4) is 0 Å². The molecular formula is C26H27F3N4O. The van der Waals surface area contributed by atoms with E-state index in [-0.39, 0.29) is 17.9 Å². The van der Waals surface area contributed by atoms with E-state index >= 15 is 0 Å². The van der Waals surface area contributed by atoms with Gasteiger partial charge >= 0.3 is 6.18 Å². The number of ketones is 1. The van der Waals surface area contributed by atoms with Crippen LogP contribution in [-0.2, 0) is 6.42 Å². The summed E-state index contributed by atoms with van der Waals surface area (Å²) >= 11 is 0. The van der Waals surface area contributed by atoms with Crippen LogP contribution in [0.3, 0.4) is 0 Å². The summed E-state index contributed by atoms with van der Waals surface area (Å²) in [6.45, 7) is 4.07. The Morgan fingerprint density at radius 3 is 2.71 bits per heavy atom. The third-order valence-corrected chi connectivity index (χ3v) is 6.07. The molecule has 2 aromatic heterocycles. The van der Waals surface area contributed by atoms with E-state index < -0.39 is 11.9 Å². The zero-order valence-electron chi connectivity index (χ0n) is 19.3. The van der Waals surface area contributed by atoms with Gasteiger partial charge in [-0.05, 0) is 24.5 Å². The van der Waals surface area contributed by atoms with Gasteiger partial charge in [0.15, 0.2) is 11.4 Å². The van der Waals surface area contributed by atoms with Crippen molar-refractivity contribution < 1.29 is 18.0 Å². The van der Waals surface area contributed by atoms with E-state index in [2.05, 4.69) is 21.9 Å². The zero-order valence-corrected chi connectivity index (χ0v) is 19.3. The third kappa shape index (κ3) is 4.95. The Morgan fingerprint density at radius 2 is 1.97 bits per heavy atom. The number of halogens is 3. The minimum atomic E-state index is -4.52. The predicted octanol–water partition coefficient (Wildman–Crippen LogP) is 6.18. The lowest BCUT2D eigenvalue weighted by molar-refractivity contribution is -0.0571. The first kappa shape index (κ1) is 23.9. The minimum Gasteiger partial charge on any atom is -0.297 e. The monoisotopic (exact) mass is 468 g/mol. The van der Waals surface area contributed by atoms with Crippen LogP contribution >= 0.6 is 0 Å². The molecule has 1 aliphatic rings. The molecule has 8 heteroatoms. The van der Waals surface area contributed by atoms with E-state index in [0.29, 0.717) is 29.9 Å². The fourth-order valence-electron chi connectivity index (χ4n) is 4.36. The number of hydrogen-bond acceptors (Lipinski definition) is 4. The van der Waals surface area contributed by atoms with Crippen LogP contribution in [0.2, 0.25) is 0 Å². The summed E-state index contributed by atoms with van der Waals surface area (Å²) in [5.41, 5.74) is 3.26. The lowest BCUT2D eigenvalue weighted by atomic mass is 9.97. The summed E-state index contributed by atoms with van der Waals surface area (Å²) < 4.78 is 41.7. The minimum absolute atomic E-state index is 0.00169. The van der Waals surface area contributed by atoms with E-state index in [9.17, 15) is 18.0 Å². The number of hydrogen-bond donors (Lipinski definition) is 0. The Labute approximate surface area is 196 Å². The summed E-state index contributed by atoms with van der Waals surface area (Å²) in [6.07, 6.45) is 6.80. The molecule has 0 bridgehead atoms. The van der Waals surface area contributed by atoms with Crippen molar-refractivity contribution in [2.24, 2.45) is 4.99 Å². The number of aryl methyl sites for hydroxylation is 1. The highest BCUT2D eigenvalue weighted by Crippen LogP contribution is 2.32. The molecule has 1 aromatic carbocycles. The van der Waals surface area contributed by atoms with Crippen molar-refractivity contribution in [2.75, 3.05) is 6.54 Å². The van der Waals surface area contributed by atoms with Crippen LogP contribution in [0.15, 0.2) is 47.9 Å². The number of carbonyl (C=O) groups excluding carboxylic acids is 1. The predicted molar refractivity (Wildman–Crippen MR) is 126 cm³/mol. The molecular weight excluding hydrogens is 441 g/mol. The van der Waals surface area contributed by atoms with Crippen LogP contribution in [0.1, 0.15) is 71.9 Å². The van der Waals surface area contributed by atoms with Crippen LogP contribution in [0.25, 0.3) is 11.2 Å². The molecule has 0 N–H and O–H groups in total. The van der Waals surface area contributed by atoms with Crippen molar-refractivity contribution >= 4 is 22.7 Å². The second-order valence-electron chi connectivity index (χ2n) is 8.58. The molecule has 5 nitrogen and oxygen atoms in total. The van der Waals surface area contributed by atoms with Crippen molar-refractivity contribution in [1.82, 2.24) is 14.4 Å². The zero-order chi connectivity index (χ0) is 24.3. The molecule has 4 rings (SSSR count). The van der Waals surface area contributed by atoms with Gasteiger partial charge < -0.3 is 0 Å². The van der Waals surface area contributed by atoms with Gasteiger partial charge in [0.05, 0.1) is 24.1 Å². The Kier molecular flexibility index (Phi) is 6.95. The lowest BCUT2D eigenvalue weighted by Crippen LogP contribution is -2.23. The number of nitrogens with zero attached hydrogens (tertiary/aromatic N) is 4. The fourth-order valence-corrected chi connectivity index (χ4v) is 4.36. The summed E-state index contributed by atoms with van der Waals surface area (Å²) in [5, 5.41) is 0. The van der Waals surface area contributed by atoms with Crippen LogP contribution in [0.4, 0.5) is 13.2 Å². The standard InChI is InChI=1S/C26H27F3N4O/c1-3-4-5-6-7-23(34)19-9-8-18(14-17(19)2)15-21-25-32-16-22(33(25)13-12-30-21)20-10-11-31-24(20)26(27,28)29/h8-10,12-14,16H,3-7,11,15H2,1-2H3. The molecule has 0 amide bonds. The number of benzene rings is 1. The van der Waals surface area contributed by atoms with E-state index in [4.69, 9.17) is 0 Å². The SMILES string of the molecule is CCCCCCC(=O)c1ccc(Cc2nccn3c(C4=CCN=C4C(F)(F)F)cnc23)cc1C. The molecule has 1 aliphatic heterocycles. The van der Waals surface area contributed by atoms with E-state index in [1.165, 1.54) is 12.3 Å². The topological polar surface area (TPSA) is 59.6 Å². The van der Waals surface area contributed by atoms with E-state index in [0.717, 1.165) is 42.4 Å². The van der Waals surface area contributed by atoms with E-state index in [1.54, 1.807) is 16.8 Å². The average Bonchev–Trinajstić information content (AvgIpc) is 3.44. The first-order valence-electron chi connectivity index (χ1n) is 11.6. The van der Waals surface area contributed by atoms with E-state index in [1.807, 2.05) is 25.1 Å². The molecule has 3 aromatic rings. The molecule has 0 fully saturated rings. The average molecular weight is 469 g/mol. The van der Waals surface area contributed by atoms with Gasteiger partial charge in [0.25, 0.3) is 0 Å². The van der Waals surface area contributed by atoms with Crippen molar-refractivity contribution in [3.05, 3.63) is 70.9 Å². The maximum Gasteiger partial charge on any atom is 0.433 e. The number of aromatic nitrogens is 3. The van der Waals surface area contributed by atoms with Gasteiger partial charge in [-0.15, -0.1) is 0 Å². The number of alkyl halides is 3. The molecule has 0 radical (unpaired) electrons. The fraction of sp³-hybridized carbons (Fsp3) is 0.385. The quantitative estimate of drug-likeness (QED) is 0.278. The summed E-state index contributed by atoms with van der Waals surface area (Å²) in [7, 11) is 0. The highest BCUT2D eigenvalue weighted by Gasteiger charge is 2.40. The number of imidazole rings is 1. The first-order valence-corrected chi connectivity index (χ1v) is 11.6. The van der Waals surface area contributed by atoms with Crippen LogP contribution in [0.5, 0.6) is 0 Å². The Balaban J connectivity index is 1.55. The summed E-state index contributed by atoms with van der Waals surface area (Å²) in [4.78, 5) is 25.0. The Hall–Kier alpha value is -3.29. The first-order chi connectivity index (χ1) is 16.3. The van der Waals surface area contributed by atoms with Crippen molar-refractivity contribution in [2.45, 2.75) is 58.5 Å². The Morgan fingerprint density at radius 1 is 1.15 bits per heavy atom. The second kappa shape index (κ2) is 9.91. The molecule has 178 valence electrons. The Bertz CT molecular complexity index is 1270. The molecule has 0 saturated heterocycles. The molecule has 3 heterocycles. The van der Waals surface area contributed by atoms with Crippen LogP contribution in [0, 0.1) is 6.92 Å². The van der Waals surface area contributed by atoms with Gasteiger partial charge in [-0.3, -0.25) is 19.2 Å². The maximum absolute atomic E-state index is 13.4. The van der Waals surface area contributed by atoms with Crippen molar-refractivity contribution in [3.63, 3.8) is 0 Å². The summed E-state index contributed by atoms with van der Waals surface area (Å²) in [5.74, 6) is 0.158. The number of Topliss-reactive ketones (excluding diaryl/α,β-unsaturated/α-hetero) is 1. The largest absolute Gasteiger partial charge is 0.433 e.